The third-order valence-electron chi connectivity index (χ3n) is 1.25. The molecule has 0 unspecified atom stereocenters. The van der Waals surface area contributed by atoms with Gasteiger partial charge in [0.2, 0.25) is 0 Å². The van der Waals surface area contributed by atoms with Crippen LogP contribution < -0.4 is 5.73 Å². The zero-order valence-corrected chi connectivity index (χ0v) is 7.52. The van der Waals surface area contributed by atoms with Crippen molar-refractivity contribution in [3.8, 4) is 0 Å². The molecule has 66 valence electrons. The van der Waals surface area contributed by atoms with Crippen molar-refractivity contribution < 1.29 is 9.90 Å². The van der Waals surface area contributed by atoms with Crippen LogP contribution in [-0.4, -0.2) is 11.1 Å². The molecular formula is C7H7Cl2NO2. The number of hydrogen-bond acceptors (Lipinski definition) is 2. The highest BCUT2D eigenvalue weighted by molar-refractivity contribution is 6.31. The van der Waals surface area contributed by atoms with Gasteiger partial charge in [0.1, 0.15) is 0 Å². The standard InChI is InChI=1S/C7H6ClNO2.ClH/c8-4-1-2-6(9)5(3-4)7(10)11;/h1-3H,9H2,(H,10,11);1H. The lowest BCUT2D eigenvalue weighted by Crippen LogP contribution is -2.01. The van der Waals surface area contributed by atoms with Crippen molar-refractivity contribution >= 4 is 35.7 Å². The molecule has 5 heteroatoms. The van der Waals surface area contributed by atoms with Crippen LogP contribution in [0.3, 0.4) is 0 Å². The summed E-state index contributed by atoms with van der Waals surface area (Å²) >= 11 is 5.54. The van der Waals surface area contributed by atoms with Crippen LogP contribution in [0.2, 0.25) is 5.02 Å². The molecule has 3 nitrogen and oxygen atoms in total. The van der Waals surface area contributed by atoms with E-state index >= 15 is 0 Å². The van der Waals surface area contributed by atoms with Crippen molar-refractivity contribution in [3.05, 3.63) is 28.8 Å². The van der Waals surface area contributed by atoms with E-state index in [4.69, 9.17) is 22.4 Å². The Morgan fingerprint density at radius 2 is 2.08 bits per heavy atom. The number of carboxylic acids is 1. The van der Waals surface area contributed by atoms with Crippen molar-refractivity contribution in [3.63, 3.8) is 0 Å². The van der Waals surface area contributed by atoms with Crippen molar-refractivity contribution in [2.24, 2.45) is 0 Å². The first-order valence-corrected chi connectivity index (χ1v) is 3.27. The van der Waals surface area contributed by atoms with Gasteiger partial charge in [-0.25, -0.2) is 4.79 Å². The van der Waals surface area contributed by atoms with Gasteiger partial charge < -0.3 is 10.8 Å². The number of rotatable bonds is 1. The Hall–Kier alpha value is -0.930. The summed E-state index contributed by atoms with van der Waals surface area (Å²) in [6.07, 6.45) is 0. The summed E-state index contributed by atoms with van der Waals surface area (Å²) in [4.78, 5) is 10.4. The van der Waals surface area contributed by atoms with Crippen molar-refractivity contribution in [1.82, 2.24) is 0 Å². The average Bonchev–Trinajstić information content (AvgIpc) is 1.94. The van der Waals surface area contributed by atoms with Gasteiger partial charge in [-0.15, -0.1) is 12.4 Å². The molecule has 0 amide bonds. The van der Waals surface area contributed by atoms with Crippen LogP contribution in [0.4, 0.5) is 5.69 Å². The smallest absolute Gasteiger partial charge is 0.337 e. The van der Waals surface area contributed by atoms with Crippen LogP contribution in [-0.2, 0) is 0 Å². The molecule has 0 atom stereocenters. The second-order valence-corrected chi connectivity index (χ2v) is 2.47. The van der Waals surface area contributed by atoms with Gasteiger partial charge in [-0.1, -0.05) is 11.6 Å². The normalized spacial score (nSPS) is 8.75. The number of nitrogen functional groups attached to an aromatic ring is 1. The van der Waals surface area contributed by atoms with Crippen molar-refractivity contribution in [2.45, 2.75) is 0 Å². The van der Waals surface area contributed by atoms with Crippen LogP contribution in [0, 0.1) is 0 Å². The highest BCUT2D eigenvalue weighted by Gasteiger charge is 2.06. The van der Waals surface area contributed by atoms with E-state index in [0.29, 0.717) is 5.02 Å². The van der Waals surface area contributed by atoms with E-state index in [0.717, 1.165) is 0 Å². The number of nitrogens with two attached hydrogens (primary N) is 1. The average molecular weight is 208 g/mol. The van der Waals surface area contributed by atoms with Gasteiger partial charge in [-0.05, 0) is 18.2 Å². The van der Waals surface area contributed by atoms with E-state index in [2.05, 4.69) is 0 Å². The largest absolute Gasteiger partial charge is 0.478 e. The third kappa shape index (κ3) is 2.29. The molecule has 1 aromatic carbocycles. The fourth-order valence-electron chi connectivity index (χ4n) is 0.714. The van der Waals surface area contributed by atoms with E-state index in [1.54, 1.807) is 6.07 Å². The quantitative estimate of drug-likeness (QED) is 0.694. The van der Waals surface area contributed by atoms with Gasteiger partial charge in [0.05, 0.1) is 5.56 Å². The van der Waals surface area contributed by atoms with Crippen molar-refractivity contribution in [2.75, 3.05) is 5.73 Å². The van der Waals surface area contributed by atoms with Gasteiger partial charge in [0.15, 0.2) is 0 Å². The van der Waals surface area contributed by atoms with Gasteiger partial charge in [-0.2, -0.15) is 0 Å². The van der Waals surface area contributed by atoms with E-state index in [-0.39, 0.29) is 23.7 Å². The Kier molecular flexibility index (Phi) is 3.86. The van der Waals surface area contributed by atoms with Gasteiger partial charge in [0.25, 0.3) is 0 Å². The van der Waals surface area contributed by atoms with Crippen LogP contribution in [0.1, 0.15) is 10.4 Å². The molecule has 0 bridgehead atoms. The molecule has 0 aliphatic rings. The van der Waals surface area contributed by atoms with Gasteiger partial charge in [-0.3, -0.25) is 0 Å². The predicted molar refractivity (Wildman–Crippen MR) is 50.1 cm³/mol. The zero-order valence-electron chi connectivity index (χ0n) is 5.95. The third-order valence-corrected chi connectivity index (χ3v) is 1.48. The highest BCUT2D eigenvalue weighted by atomic mass is 35.5. The minimum Gasteiger partial charge on any atom is -0.478 e. The lowest BCUT2D eigenvalue weighted by molar-refractivity contribution is 0.0698. The molecule has 0 aliphatic heterocycles. The van der Waals surface area contributed by atoms with Crippen LogP contribution in [0.15, 0.2) is 18.2 Å². The van der Waals surface area contributed by atoms with E-state index < -0.39 is 5.97 Å². The minimum atomic E-state index is -1.06. The molecule has 0 spiro atoms. The monoisotopic (exact) mass is 207 g/mol. The number of anilines is 1. The first kappa shape index (κ1) is 11.1. The Bertz CT molecular complexity index is 301. The summed E-state index contributed by atoms with van der Waals surface area (Å²) in [7, 11) is 0. The molecule has 0 saturated carbocycles. The molecular weight excluding hydrogens is 201 g/mol. The second-order valence-electron chi connectivity index (χ2n) is 2.04. The topological polar surface area (TPSA) is 63.3 Å². The zero-order chi connectivity index (χ0) is 8.43. The van der Waals surface area contributed by atoms with Crippen molar-refractivity contribution in [1.29, 1.82) is 0 Å². The SMILES string of the molecule is Cl.Nc1ccc(Cl)cc1C(=O)O. The summed E-state index contributed by atoms with van der Waals surface area (Å²) in [6, 6.07) is 4.33. The first-order valence-electron chi connectivity index (χ1n) is 2.89. The number of carboxylic acid groups (broad SMARTS) is 1. The molecule has 1 rings (SSSR count). The summed E-state index contributed by atoms with van der Waals surface area (Å²) in [5.74, 6) is -1.06. The Morgan fingerprint density at radius 1 is 1.50 bits per heavy atom. The fraction of sp³-hybridized carbons (Fsp3) is 0. The maximum atomic E-state index is 10.4. The fourth-order valence-corrected chi connectivity index (χ4v) is 0.886. The van der Waals surface area contributed by atoms with Gasteiger partial charge >= 0.3 is 5.97 Å². The Morgan fingerprint density at radius 3 is 2.50 bits per heavy atom. The van der Waals surface area contributed by atoms with Gasteiger partial charge in [0, 0.05) is 10.7 Å². The minimum absolute atomic E-state index is 0. The lowest BCUT2D eigenvalue weighted by atomic mass is 10.2. The van der Waals surface area contributed by atoms with Crippen LogP contribution in [0.5, 0.6) is 0 Å². The maximum Gasteiger partial charge on any atom is 0.337 e. The Labute approximate surface area is 80.5 Å². The van der Waals surface area contributed by atoms with E-state index in [1.165, 1.54) is 12.1 Å². The molecule has 0 radical (unpaired) electrons. The lowest BCUT2D eigenvalue weighted by Gasteiger charge is -1.99. The molecule has 0 heterocycles. The summed E-state index contributed by atoms with van der Waals surface area (Å²) in [6.45, 7) is 0. The number of aromatic carboxylic acids is 1. The molecule has 0 aromatic heterocycles. The van der Waals surface area contributed by atoms with E-state index in [9.17, 15) is 4.79 Å². The number of carbonyl (C=O) groups is 1. The number of halogens is 2. The van der Waals surface area contributed by atoms with Crippen LogP contribution >= 0.6 is 24.0 Å². The predicted octanol–water partition coefficient (Wildman–Crippen LogP) is 2.04. The molecule has 1 aromatic rings. The molecule has 3 N–H and O–H groups in total. The van der Waals surface area contributed by atoms with E-state index in [1.807, 2.05) is 0 Å². The maximum absolute atomic E-state index is 10.4. The highest BCUT2D eigenvalue weighted by Crippen LogP contribution is 2.17. The molecule has 0 fully saturated rings. The summed E-state index contributed by atoms with van der Waals surface area (Å²) < 4.78 is 0. The first-order chi connectivity index (χ1) is 5.11. The van der Waals surface area contributed by atoms with Crippen LogP contribution in [0.25, 0.3) is 0 Å². The second kappa shape index (κ2) is 4.18. The number of hydrogen-bond donors (Lipinski definition) is 2. The molecule has 12 heavy (non-hydrogen) atoms. The Balaban J connectivity index is 0.00000121. The number of benzene rings is 1. The molecule has 0 aliphatic carbocycles. The molecule has 0 saturated heterocycles. The summed E-state index contributed by atoms with van der Waals surface area (Å²) in [5.41, 5.74) is 5.61. The summed E-state index contributed by atoms with van der Waals surface area (Å²) in [5, 5.41) is 8.92.